The molecule has 0 aromatic carbocycles. The first kappa shape index (κ1) is 7.32. The Kier molecular flexibility index (Phi) is 2.49. The van der Waals surface area contributed by atoms with Crippen LogP contribution in [0.15, 0.2) is 16.9 Å². The predicted molar refractivity (Wildman–Crippen MR) is 39.8 cm³/mol. The van der Waals surface area contributed by atoms with Crippen molar-refractivity contribution in [2.75, 3.05) is 0 Å². The molecule has 0 spiro atoms. The Labute approximate surface area is 61.3 Å². The Morgan fingerprint density at radius 1 is 1.50 bits per heavy atom. The van der Waals surface area contributed by atoms with Gasteiger partial charge in [-0.25, -0.2) is 4.98 Å². The largest absolute Gasteiger partial charge is 0.449 e. The lowest BCUT2D eigenvalue weighted by molar-refractivity contribution is 0.431. The Morgan fingerprint density at radius 3 is 2.60 bits per heavy atom. The zero-order valence-electron chi connectivity index (χ0n) is 6.50. The quantitative estimate of drug-likeness (QED) is 0.643. The first-order valence-electron chi connectivity index (χ1n) is 3.77. The van der Waals surface area contributed by atoms with Crippen LogP contribution in [0.25, 0.3) is 0 Å². The lowest BCUT2D eigenvalue weighted by Crippen LogP contribution is -1.94. The molecule has 1 aromatic rings. The standard InChI is InChI=1S/C8H13NO/c1-3-7(4-2)8-9-5-6-10-8/h5-7H,3-4H2,1-2H3. The normalized spacial score (nSPS) is 10.7. The highest BCUT2D eigenvalue weighted by molar-refractivity contribution is 4.89. The van der Waals surface area contributed by atoms with Gasteiger partial charge >= 0.3 is 0 Å². The van der Waals surface area contributed by atoms with Gasteiger partial charge in [0.2, 0.25) is 0 Å². The van der Waals surface area contributed by atoms with Crippen LogP contribution in [0.4, 0.5) is 0 Å². The van der Waals surface area contributed by atoms with Crippen molar-refractivity contribution in [1.29, 1.82) is 0 Å². The van der Waals surface area contributed by atoms with E-state index in [1.54, 1.807) is 12.5 Å². The summed E-state index contributed by atoms with van der Waals surface area (Å²) in [5.41, 5.74) is 0. The molecule has 0 fully saturated rings. The molecule has 0 atom stereocenters. The SMILES string of the molecule is CCC(CC)c1ncco1. The van der Waals surface area contributed by atoms with E-state index in [9.17, 15) is 0 Å². The molecule has 0 saturated heterocycles. The van der Waals surface area contributed by atoms with Crippen molar-refractivity contribution < 1.29 is 4.42 Å². The van der Waals surface area contributed by atoms with E-state index in [1.165, 1.54) is 0 Å². The fourth-order valence-corrected chi connectivity index (χ4v) is 1.07. The number of oxazole rings is 1. The first-order chi connectivity index (χ1) is 4.88. The molecule has 2 heteroatoms. The van der Waals surface area contributed by atoms with Gasteiger partial charge in [0, 0.05) is 5.92 Å². The maximum Gasteiger partial charge on any atom is 0.197 e. The first-order valence-corrected chi connectivity index (χ1v) is 3.77. The molecule has 0 aliphatic heterocycles. The van der Waals surface area contributed by atoms with Crippen LogP contribution >= 0.6 is 0 Å². The summed E-state index contributed by atoms with van der Waals surface area (Å²) in [6, 6.07) is 0. The molecule has 2 nitrogen and oxygen atoms in total. The number of nitrogens with zero attached hydrogens (tertiary/aromatic N) is 1. The van der Waals surface area contributed by atoms with Gasteiger partial charge in [-0.15, -0.1) is 0 Å². The van der Waals surface area contributed by atoms with Crippen LogP contribution in [-0.2, 0) is 0 Å². The van der Waals surface area contributed by atoms with E-state index in [0.29, 0.717) is 5.92 Å². The van der Waals surface area contributed by atoms with Crippen molar-refractivity contribution in [1.82, 2.24) is 4.98 Å². The van der Waals surface area contributed by atoms with Crippen LogP contribution in [0.2, 0.25) is 0 Å². The molecule has 0 amide bonds. The van der Waals surface area contributed by atoms with Gasteiger partial charge in [-0.3, -0.25) is 0 Å². The summed E-state index contributed by atoms with van der Waals surface area (Å²) in [5, 5.41) is 0. The minimum absolute atomic E-state index is 0.509. The van der Waals surface area contributed by atoms with Crippen molar-refractivity contribution >= 4 is 0 Å². The van der Waals surface area contributed by atoms with Gasteiger partial charge in [0.1, 0.15) is 6.26 Å². The second kappa shape index (κ2) is 3.40. The fraction of sp³-hybridized carbons (Fsp3) is 0.625. The summed E-state index contributed by atoms with van der Waals surface area (Å²) >= 11 is 0. The zero-order chi connectivity index (χ0) is 7.40. The van der Waals surface area contributed by atoms with Crippen LogP contribution in [-0.4, -0.2) is 4.98 Å². The van der Waals surface area contributed by atoms with E-state index in [0.717, 1.165) is 18.7 Å². The molecule has 0 N–H and O–H groups in total. The Bertz CT molecular complexity index is 165. The molecule has 1 rings (SSSR count). The third-order valence-corrected chi connectivity index (χ3v) is 1.79. The average molecular weight is 139 g/mol. The van der Waals surface area contributed by atoms with E-state index in [2.05, 4.69) is 18.8 Å². The molecular formula is C8H13NO. The second-order valence-electron chi connectivity index (χ2n) is 2.38. The molecule has 0 saturated carbocycles. The minimum Gasteiger partial charge on any atom is -0.449 e. The molecule has 10 heavy (non-hydrogen) atoms. The number of hydrogen-bond acceptors (Lipinski definition) is 2. The summed E-state index contributed by atoms with van der Waals surface area (Å²) in [7, 11) is 0. The summed E-state index contributed by atoms with van der Waals surface area (Å²) in [4.78, 5) is 4.09. The monoisotopic (exact) mass is 139 g/mol. The van der Waals surface area contributed by atoms with E-state index < -0.39 is 0 Å². The molecule has 1 aromatic heterocycles. The van der Waals surface area contributed by atoms with Crippen LogP contribution in [0, 0.1) is 0 Å². The van der Waals surface area contributed by atoms with Crippen molar-refractivity contribution in [3.63, 3.8) is 0 Å². The van der Waals surface area contributed by atoms with Gasteiger partial charge in [0.25, 0.3) is 0 Å². The highest BCUT2D eigenvalue weighted by atomic mass is 16.3. The lowest BCUT2D eigenvalue weighted by atomic mass is 10.0. The van der Waals surface area contributed by atoms with Crippen LogP contribution in [0.3, 0.4) is 0 Å². The van der Waals surface area contributed by atoms with Crippen LogP contribution < -0.4 is 0 Å². The lowest BCUT2D eigenvalue weighted by Gasteiger charge is -2.05. The molecule has 1 heterocycles. The van der Waals surface area contributed by atoms with Gasteiger partial charge in [-0.1, -0.05) is 13.8 Å². The minimum atomic E-state index is 0.509. The highest BCUT2D eigenvalue weighted by Gasteiger charge is 2.09. The highest BCUT2D eigenvalue weighted by Crippen LogP contribution is 2.20. The third kappa shape index (κ3) is 1.38. The van der Waals surface area contributed by atoms with Crippen molar-refractivity contribution in [3.05, 3.63) is 18.4 Å². The molecule has 0 bridgehead atoms. The van der Waals surface area contributed by atoms with E-state index in [-0.39, 0.29) is 0 Å². The number of aromatic nitrogens is 1. The van der Waals surface area contributed by atoms with E-state index in [4.69, 9.17) is 4.42 Å². The van der Waals surface area contributed by atoms with E-state index in [1.807, 2.05) is 0 Å². The second-order valence-corrected chi connectivity index (χ2v) is 2.38. The number of hydrogen-bond donors (Lipinski definition) is 0. The van der Waals surface area contributed by atoms with Crippen LogP contribution in [0.5, 0.6) is 0 Å². The van der Waals surface area contributed by atoms with Gasteiger partial charge < -0.3 is 4.42 Å². The molecular weight excluding hydrogens is 126 g/mol. The third-order valence-electron chi connectivity index (χ3n) is 1.79. The van der Waals surface area contributed by atoms with Gasteiger partial charge in [0.15, 0.2) is 5.89 Å². The molecule has 0 unspecified atom stereocenters. The smallest absolute Gasteiger partial charge is 0.197 e. The number of rotatable bonds is 3. The van der Waals surface area contributed by atoms with Crippen molar-refractivity contribution in [2.45, 2.75) is 32.6 Å². The molecule has 0 aliphatic carbocycles. The Balaban J connectivity index is 2.64. The van der Waals surface area contributed by atoms with Gasteiger partial charge in [0.05, 0.1) is 6.20 Å². The maximum absolute atomic E-state index is 5.17. The summed E-state index contributed by atoms with van der Waals surface area (Å²) in [6.45, 7) is 4.30. The predicted octanol–water partition coefficient (Wildman–Crippen LogP) is 2.58. The van der Waals surface area contributed by atoms with Gasteiger partial charge in [-0.2, -0.15) is 0 Å². The maximum atomic E-state index is 5.17. The Hall–Kier alpha value is -0.790. The Morgan fingerprint density at radius 2 is 2.20 bits per heavy atom. The average Bonchev–Trinajstić information content (AvgIpc) is 2.43. The molecule has 0 aliphatic rings. The van der Waals surface area contributed by atoms with Crippen molar-refractivity contribution in [3.8, 4) is 0 Å². The molecule has 56 valence electrons. The van der Waals surface area contributed by atoms with Gasteiger partial charge in [-0.05, 0) is 12.8 Å². The summed E-state index contributed by atoms with van der Waals surface area (Å²) < 4.78 is 5.17. The fourth-order valence-electron chi connectivity index (χ4n) is 1.07. The van der Waals surface area contributed by atoms with E-state index >= 15 is 0 Å². The van der Waals surface area contributed by atoms with Crippen LogP contribution in [0.1, 0.15) is 38.5 Å². The summed E-state index contributed by atoms with van der Waals surface area (Å²) in [5.74, 6) is 1.39. The topological polar surface area (TPSA) is 26.0 Å². The summed E-state index contributed by atoms with van der Waals surface area (Å²) in [6.07, 6.45) is 5.55. The zero-order valence-corrected chi connectivity index (χ0v) is 6.50. The van der Waals surface area contributed by atoms with Crippen molar-refractivity contribution in [2.24, 2.45) is 0 Å². The molecule has 0 radical (unpaired) electrons.